The number of hydrogen-bond acceptors (Lipinski definition) is 7. The Hall–Kier alpha value is -4.21. The van der Waals surface area contributed by atoms with Gasteiger partial charge in [0.05, 0.1) is 10.3 Å². The quantitative estimate of drug-likeness (QED) is 0.319. The number of rotatable bonds is 5. The van der Waals surface area contributed by atoms with Gasteiger partial charge in [0.25, 0.3) is 11.2 Å². The Labute approximate surface area is 156 Å². The zero-order valence-electron chi connectivity index (χ0n) is 14.3. The van der Waals surface area contributed by atoms with Gasteiger partial charge in [0, 0.05) is 36.3 Å². The van der Waals surface area contributed by atoms with Crippen LogP contribution < -0.4 is 5.56 Å². The number of imidazole rings is 1. The van der Waals surface area contributed by atoms with Gasteiger partial charge in [0.1, 0.15) is 17.8 Å². The number of carbonyl (C=O) groups is 1. The summed E-state index contributed by atoms with van der Waals surface area (Å²) in [6.07, 6.45) is 4.44. The second-order valence-electron chi connectivity index (χ2n) is 5.88. The van der Waals surface area contributed by atoms with E-state index in [0.717, 1.165) is 4.68 Å². The molecule has 0 aliphatic heterocycles. The van der Waals surface area contributed by atoms with Crippen LogP contribution in [-0.2, 0) is 6.54 Å². The summed E-state index contributed by atoms with van der Waals surface area (Å²) in [5.74, 6) is -0.315. The number of benzene rings is 1. The first kappa shape index (κ1) is 17.2. The van der Waals surface area contributed by atoms with Crippen LogP contribution in [0.25, 0.3) is 22.2 Å². The molecule has 0 aliphatic rings. The number of aromatic amines is 1. The van der Waals surface area contributed by atoms with Gasteiger partial charge in [-0.25, -0.2) is 9.67 Å². The van der Waals surface area contributed by atoms with E-state index < -0.39 is 16.3 Å². The molecule has 4 rings (SSSR count). The van der Waals surface area contributed by atoms with Crippen LogP contribution in [-0.4, -0.2) is 35.4 Å². The number of hydrogen-bond donors (Lipinski definition) is 1. The summed E-state index contributed by atoms with van der Waals surface area (Å²) in [7, 11) is 0. The van der Waals surface area contributed by atoms with Crippen LogP contribution in [0.3, 0.4) is 0 Å². The van der Waals surface area contributed by atoms with Gasteiger partial charge in [-0.15, -0.1) is 0 Å². The summed E-state index contributed by atoms with van der Waals surface area (Å²) in [6, 6.07) is 9.02. The molecule has 3 aromatic heterocycles. The molecule has 0 spiro atoms. The number of aromatic nitrogens is 5. The minimum Gasteiger partial charge on any atom is -0.342 e. The van der Waals surface area contributed by atoms with E-state index in [9.17, 15) is 19.7 Å². The Balaban J connectivity index is 1.90. The predicted octanol–water partition coefficient (Wildman–Crippen LogP) is 1.97. The van der Waals surface area contributed by atoms with E-state index in [0.29, 0.717) is 11.1 Å². The molecule has 0 saturated carbocycles. The molecule has 1 aromatic carbocycles. The van der Waals surface area contributed by atoms with Crippen LogP contribution in [0.15, 0.2) is 59.8 Å². The molecule has 0 atom stereocenters. The summed E-state index contributed by atoms with van der Waals surface area (Å²) in [5, 5.41) is 15.6. The third-order valence-electron chi connectivity index (χ3n) is 4.10. The fourth-order valence-electron chi connectivity index (χ4n) is 2.82. The number of pyridine rings is 1. The maximum atomic E-state index is 12.8. The molecule has 28 heavy (non-hydrogen) atoms. The number of Topliss-reactive ketones (excluding diaryl/α,β-unsaturated/α-hetero) is 1. The van der Waals surface area contributed by atoms with Gasteiger partial charge in [-0.05, 0) is 12.1 Å². The Kier molecular flexibility index (Phi) is 4.20. The minimum absolute atomic E-state index is 0.108. The van der Waals surface area contributed by atoms with Gasteiger partial charge in [-0.2, -0.15) is 5.10 Å². The number of H-pyrrole nitrogens is 1. The van der Waals surface area contributed by atoms with Crippen molar-refractivity contribution in [2.45, 2.75) is 6.54 Å². The van der Waals surface area contributed by atoms with Gasteiger partial charge >= 0.3 is 0 Å². The van der Waals surface area contributed by atoms with Crippen molar-refractivity contribution in [2.75, 3.05) is 0 Å². The van der Waals surface area contributed by atoms with Crippen LogP contribution in [0.1, 0.15) is 10.6 Å². The van der Waals surface area contributed by atoms with E-state index in [1.807, 2.05) is 0 Å². The van der Waals surface area contributed by atoms with Crippen LogP contribution in [0.2, 0.25) is 0 Å². The van der Waals surface area contributed by atoms with Crippen molar-refractivity contribution in [1.29, 1.82) is 0 Å². The second-order valence-corrected chi connectivity index (χ2v) is 5.88. The zero-order chi connectivity index (χ0) is 19.7. The Morgan fingerprint density at radius 1 is 1.18 bits per heavy atom. The lowest BCUT2D eigenvalue weighted by Crippen LogP contribution is -2.28. The zero-order valence-corrected chi connectivity index (χ0v) is 14.3. The van der Waals surface area contributed by atoms with Crippen molar-refractivity contribution in [2.24, 2.45) is 0 Å². The van der Waals surface area contributed by atoms with Gasteiger partial charge in [-0.1, -0.05) is 12.1 Å². The molecule has 3 heterocycles. The van der Waals surface area contributed by atoms with Crippen molar-refractivity contribution in [3.63, 3.8) is 0 Å². The number of fused-ring (bicyclic) bond motifs is 1. The lowest BCUT2D eigenvalue weighted by molar-refractivity contribution is -0.384. The minimum atomic E-state index is -0.518. The summed E-state index contributed by atoms with van der Waals surface area (Å²) < 4.78 is 1.02. The summed E-state index contributed by atoms with van der Waals surface area (Å²) in [6.45, 7) is -0.334. The SMILES string of the molecule is O=C(Cn1nc(-c2cccc([N+](=O)[O-])c2)c2ncccc2c1=O)c1ncc[nH]1. The van der Waals surface area contributed by atoms with Crippen molar-refractivity contribution in [3.8, 4) is 11.3 Å². The number of carbonyl (C=O) groups excluding carboxylic acids is 1. The molecule has 0 aliphatic carbocycles. The molecule has 10 heteroatoms. The maximum absolute atomic E-state index is 12.8. The Bertz CT molecular complexity index is 1260. The summed E-state index contributed by atoms with van der Waals surface area (Å²) in [4.78, 5) is 46.5. The van der Waals surface area contributed by atoms with Gasteiger partial charge in [0.15, 0.2) is 5.82 Å². The molecule has 1 N–H and O–H groups in total. The number of nitro benzene ring substituents is 1. The fourth-order valence-corrected chi connectivity index (χ4v) is 2.82. The second kappa shape index (κ2) is 6.83. The normalized spacial score (nSPS) is 10.9. The van der Waals surface area contributed by atoms with Crippen molar-refractivity contribution >= 4 is 22.4 Å². The topological polar surface area (TPSA) is 137 Å². The lowest BCUT2D eigenvalue weighted by Gasteiger charge is -2.09. The van der Waals surface area contributed by atoms with E-state index in [1.54, 1.807) is 18.2 Å². The number of nitrogens with one attached hydrogen (secondary N) is 1. The van der Waals surface area contributed by atoms with E-state index in [4.69, 9.17) is 0 Å². The Morgan fingerprint density at radius 3 is 2.79 bits per heavy atom. The molecular weight excluding hydrogens is 364 g/mol. The molecule has 0 bridgehead atoms. The molecule has 0 unspecified atom stereocenters. The van der Waals surface area contributed by atoms with E-state index >= 15 is 0 Å². The third-order valence-corrected chi connectivity index (χ3v) is 4.10. The molecule has 10 nitrogen and oxygen atoms in total. The maximum Gasteiger partial charge on any atom is 0.276 e. The fraction of sp³-hybridized carbons (Fsp3) is 0.0556. The van der Waals surface area contributed by atoms with E-state index in [2.05, 4.69) is 20.1 Å². The number of ketones is 1. The highest BCUT2D eigenvalue weighted by Gasteiger charge is 2.18. The average molecular weight is 376 g/mol. The first-order valence-corrected chi connectivity index (χ1v) is 8.18. The number of nitro groups is 1. The van der Waals surface area contributed by atoms with Crippen LogP contribution in [0.5, 0.6) is 0 Å². The standard InChI is InChI=1S/C18H12N6O4/c25-14(17-20-7-8-21-17)10-23-18(26)13-5-2-6-19-16(13)15(22-23)11-3-1-4-12(9-11)24(27)28/h1-9H,10H2,(H,20,21). The first-order chi connectivity index (χ1) is 13.5. The summed E-state index contributed by atoms with van der Waals surface area (Å²) in [5.41, 5.74) is 0.378. The van der Waals surface area contributed by atoms with Crippen molar-refractivity contribution < 1.29 is 9.72 Å². The lowest BCUT2D eigenvalue weighted by atomic mass is 10.1. The Morgan fingerprint density at radius 2 is 2.04 bits per heavy atom. The van der Waals surface area contributed by atoms with Gasteiger partial charge < -0.3 is 4.98 Å². The highest BCUT2D eigenvalue weighted by atomic mass is 16.6. The van der Waals surface area contributed by atoms with E-state index in [-0.39, 0.29) is 29.1 Å². The van der Waals surface area contributed by atoms with Crippen LogP contribution in [0, 0.1) is 10.1 Å². The van der Waals surface area contributed by atoms with Gasteiger partial charge in [-0.3, -0.25) is 24.7 Å². The molecule has 4 aromatic rings. The molecule has 138 valence electrons. The van der Waals surface area contributed by atoms with Crippen LogP contribution >= 0.6 is 0 Å². The molecule has 0 fully saturated rings. The first-order valence-electron chi connectivity index (χ1n) is 8.18. The monoisotopic (exact) mass is 376 g/mol. The summed E-state index contributed by atoms with van der Waals surface area (Å²) >= 11 is 0. The van der Waals surface area contributed by atoms with Gasteiger partial charge in [0.2, 0.25) is 5.78 Å². The van der Waals surface area contributed by atoms with E-state index in [1.165, 1.54) is 36.8 Å². The smallest absolute Gasteiger partial charge is 0.276 e. The molecular formula is C18H12N6O4. The predicted molar refractivity (Wildman–Crippen MR) is 98.8 cm³/mol. The largest absolute Gasteiger partial charge is 0.342 e. The highest BCUT2D eigenvalue weighted by Crippen LogP contribution is 2.26. The average Bonchev–Trinajstić information content (AvgIpc) is 3.25. The molecule has 0 radical (unpaired) electrons. The molecule has 0 amide bonds. The van der Waals surface area contributed by atoms with Crippen LogP contribution in [0.4, 0.5) is 5.69 Å². The third kappa shape index (κ3) is 3.03. The van der Waals surface area contributed by atoms with Crippen molar-refractivity contribution in [1.82, 2.24) is 24.7 Å². The number of non-ortho nitro benzene ring substituents is 1. The molecule has 0 saturated heterocycles. The van der Waals surface area contributed by atoms with Crippen molar-refractivity contribution in [3.05, 3.63) is 81.3 Å². The number of nitrogens with zero attached hydrogens (tertiary/aromatic N) is 5. The highest BCUT2D eigenvalue weighted by molar-refractivity contribution is 5.93.